The molecule has 0 saturated heterocycles. The first-order chi connectivity index (χ1) is 8.36. The molecule has 18 heavy (non-hydrogen) atoms. The van der Waals surface area contributed by atoms with Crippen molar-refractivity contribution in [2.24, 2.45) is 0 Å². The Labute approximate surface area is 110 Å². The minimum absolute atomic E-state index is 0.247. The zero-order valence-corrected chi connectivity index (χ0v) is 11.1. The highest BCUT2D eigenvalue weighted by Gasteiger charge is 2.19. The highest BCUT2D eigenvalue weighted by atomic mass is 35.5. The lowest BCUT2D eigenvalue weighted by Gasteiger charge is -2.17. The van der Waals surface area contributed by atoms with Crippen LogP contribution in [0.5, 0.6) is 5.75 Å². The predicted octanol–water partition coefficient (Wildman–Crippen LogP) is 1.81. The van der Waals surface area contributed by atoms with Gasteiger partial charge in [-0.05, 0) is 24.6 Å². The third-order valence-corrected chi connectivity index (χ3v) is 2.84. The Hall–Kier alpha value is -1.75. The number of rotatable bonds is 4. The molecule has 98 valence electrons. The van der Waals surface area contributed by atoms with Gasteiger partial charge >= 0.3 is 5.97 Å². The van der Waals surface area contributed by atoms with E-state index < -0.39 is 11.9 Å². The van der Waals surface area contributed by atoms with Crippen molar-refractivity contribution in [3.05, 3.63) is 28.3 Å². The smallest absolute Gasteiger partial charge is 0.323 e. The Kier molecular flexibility index (Phi) is 4.55. The van der Waals surface area contributed by atoms with Crippen LogP contribution in [-0.4, -0.2) is 42.6 Å². The van der Waals surface area contributed by atoms with Crippen molar-refractivity contribution in [3.8, 4) is 5.75 Å². The Morgan fingerprint density at radius 2 is 2.06 bits per heavy atom. The van der Waals surface area contributed by atoms with E-state index in [-0.39, 0.29) is 12.1 Å². The fraction of sp³-hybridized carbons (Fsp3) is 0.333. The maximum absolute atomic E-state index is 12.0. The second-order valence-corrected chi connectivity index (χ2v) is 4.26. The molecule has 5 nitrogen and oxygen atoms in total. The first kappa shape index (κ1) is 14.3. The molecule has 0 saturated carbocycles. The summed E-state index contributed by atoms with van der Waals surface area (Å²) in [5.41, 5.74) is 1.03. The van der Waals surface area contributed by atoms with Gasteiger partial charge in [0.05, 0.1) is 12.7 Å². The molecule has 1 aromatic rings. The van der Waals surface area contributed by atoms with E-state index >= 15 is 0 Å². The molecule has 0 heterocycles. The molecule has 0 unspecified atom stereocenters. The number of carbonyl (C=O) groups excluding carboxylic acids is 1. The third-order valence-electron chi connectivity index (χ3n) is 2.43. The van der Waals surface area contributed by atoms with Gasteiger partial charge in [-0.2, -0.15) is 0 Å². The first-order valence-corrected chi connectivity index (χ1v) is 5.56. The SMILES string of the molecule is COc1cc(C)c(Cl)cc1C(=O)N(C)CC(=O)O. The molecule has 0 aliphatic rings. The summed E-state index contributed by atoms with van der Waals surface area (Å²) >= 11 is 5.95. The van der Waals surface area contributed by atoms with Gasteiger partial charge in [0.25, 0.3) is 5.91 Å². The van der Waals surface area contributed by atoms with E-state index in [1.165, 1.54) is 20.2 Å². The van der Waals surface area contributed by atoms with Crippen molar-refractivity contribution >= 4 is 23.5 Å². The summed E-state index contributed by atoms with van der Waals surface area (Å²) in [4.78, 5) is 23.7. The lowest BCUT2D eigenvalue weighted by Crippen LogP contribution is -2.32. The highest BCUT2D eigenvalue weighted by Crippen LogP contribution is 2.27. The van der Waals surface area contributed by atoms with Crippen LogP contribution in [0.4, 0.5) is 0 Å². The van der Waals surface area contributed by atoms with Crippen LogP contribution in [0, 0.1) is 6.92 Å². The number of carboxylic acids is 1. The van der Waals surface area contributed by atoms with Gasteiger partial charge in [0.2, 0.25) is 0 Å². The number of halogens is 1. The van der Waals surface area contributed by atoms with Crippen LogP contribution >= 0.6 is 11.6 Å². The van der Waals surface area contributed by atoms with Crippen molar-refractivity contribution in [1.29, 1.82) is 0 Å². The van der Waals surface area contributed by atoms with E-state index in [0.29, 0.717) is 10.8 Å². The van der Waals surface area contributed by atoms with Gasteiger partial charge in [-0.1, -0.05) is 11.6 Å². The van der Waals surface area contributed by atoms with Gasteiger partial charge < -0.3 is 14.7 Å². The van der Waals surface area contributed by atoms with Crippen molar-refractivity contribution < 1.29 is 19.4 Å². The molecule has 0 aliphatic carbocycles. The second-order valence-electron chi connectivity index (χ2n) is 3.86. The number of benzene rings is 1. The minimum atomic E-state index is -1.08. The molecule has 6 heteroatoms. The van der Waals surface area contributed by atoms with E-state index in [1.54, 1.807) is 13.0 Å². The Balaban J connectivity index is 3.12. The van der Waals surface area contributed by atoms with Gasteiger partial charge in [0, 0.05) is 12.1 Å². The summed E-state index contributed by atoms with van der Waals surface area (Å²) in [6.45, 7) is 1.41. The van der Waals surface area contributed by atoms with Gasteiger partial charge in [-0.3, -0.25) is 9.59 Å². The fourth-order valence-electron chi connectivity index (χ4n) is 1.47. The summed E-state index contributed by atoms with van der Waals surface area (Å²) in [6, 6.07) is 3.13. The lowest BCUT2D eigenvalue weighted by molar-refractivity contribution is -0.137. The maximum Gasteiger partial charge on any atom is 0.323 e. The average Bonchev–Trinajstić information content (AvgIpc) is 2.30. The van der Waals surface area contributed by atoms with Crippen molar-refractivity contribution in [2.45, 2.75) is 6.92 Å². The van der Waals surface area contributed by atoms with E-state index in [9.17, 15) is 9.59 Å². The molecular weight excluding hydrogens is 258 g/mol. The summed E-state index contributed by atoms with van der Waals surface area (Å²) in [7, 11) is 2.85. The van der Waals surface area contributed by atoms with Crippen molar-refractivity contribution in [2.75, 3.05) is 20.7 Å². The summed E-state index contributed by atoms with van der Waals surface area (Å²) in [5, 5.41) is 9.09. The Morgan fingerprint density at radius 3 is 2.56 bits per heavy atom. The summed E-state index contributed by atoms with van der Waals surface area (Å²) in [6.07, 6.45) is 0. The number of hydrogen-bond donors (Lipinski definition) is 1. The molecular formula is C12H14ClNO4. The summed E-state index contributed by atoms with van der Waals surface area (Å²) < 4.78 is 5.10. The Bertz CT molecular complexity index is 487. The highest BCUT2D eigenvalue weighted by molar-refractivity contribution is 6.31. The molecule has 0 aliphatic heterocycles. The molecule has 0 radical (unpaired) electrons. The maximum atomic E-state index is 12.0. The van der Waals surface area contributed by atoms with Crippen LogP contribution in [0.15, 0.2) is 12.1 Å². The van der Waals surface area contributed by atoms with Gasteiger partial charge in [-0.25, -0.2) is 0 Å². The third kappa shape index (κ3) is 3.13. The van der Waals surface area contributed by atoms with Crippen LogP contribution in [0.1, 0.15) is 15.9 Å². The Morgan fingerprint density at radius 1 is 1.44 bits per heavy atom. The number of methoxy groups -OCH3 is 1. The predicted molar refractivity (Wildman–Crippen MR) is 67.3 cm³/mol. The first-order valence-electron chi connectivity index (χ1n) is 5.18. The monoisotopic (exact) mass is 271 g/mol. The van der Waals surface area contributed by atoms with Crippen LogP contribution < -0.4 is 4.74 Å². The van der Waals surface area contributed by atoms with E-state index in [0.717, 1.165) is 10.5 Å². The number of carboxylic acid groups (broad SMARTS) is 1. The normalized spacial score (nSPS) is 10.0. The van der Waals surface area contributed by atoms with Crippen molar-refractivity contribution in [3.63, 3.8) is 0 Å². The zero-order valence-electron chi connectivity index (χ0n) is 10.4. The number of amides is 1. The second kappa shape index (κ2) is 5.73. The van der Waals surface area contributed by atoms with E-state index in [2.05, 4.69) is 0 Å². The zero-order chi connectivity index (χ0) is 13.9. The number of nitrogens with zero attached hydrogens (tertiary/aromatic N) is 1. The van der Waals surface area contributed by atoms with Gasteiger partial charge in [0.15, 0.2) is 0 Å². The number of aliphatic carboxylic acids is 1. The molecule has 1 amide bonds. The number of carbonyl (C=O) groups is 2. The number of likely N-dealkylation sites (N-methyl/N-ethyl adjacent to an activating group) is 1. The van der Waals surface area contributed by atoms with Gasteiger partial charge in [0.1, 0.15) is 12.3 Å². The quantitative estimate of drug-likeness (QED) is 0.907. The lowest BCUT2D eigenvalue weighted by atomic mass is 10.1. The topological polar surface area (TPSA) is 66.8 Å². The number of hydrogen-bond acceptors (Lipinski definition) is 3. The molecule has 1 N–H and O–H groups in total. The molecule has 0 bridgehead atoms. The van der Waals surface area contributed by atoms with Crippen LogP contribution in [-0.2, 0) is 4.79 Å². The summed E-state index contributed by atoms with van der Waals surface area (Å²) in [5.74, 6) is -1.15. The van der Waals surface area contributed by atoms with Crippen LogP contribution in [0.3, 0.4) is 0 Å². The number of ether oxygens (including phenoxy) is 1. The van der Waals surface area contributed by atoms with Crippen LogP contribution in [0.2, 0.25) is 5.02 Å². The minimum Gasteiger partial charge on any atom is -0.496 e. The van der Waals surface area contributed by atoms with Gasteiger partial charge in [-0.15, -0.1) is 0 Å². The molecule has 0 spiro atoms. The van der Waals surface area contributed by atoms with E-state index in [1.807, 2.05) is 0 Å². The molecule has 0 atom stereocenters. The van der Waals surface area contributed by atoms with Crippen molar-refractivity contribution in [1.82, 2.24) is 4.90 Å². The fourth-order valence-corrected chi connectivity index (χ4v) is 1.64. The largest absolute Gasteiger partial charge is 0.496 e. The molecule has 1 aromatic carbocycles. The average molecular weight is 272 g/mol. The standard InChI is InChI=1S/C12H14ClNO4/c1-7-4-10(18-3)8(5-9(7)13)12(17)14(2)6-11(15)16/h4-5H,6H2,1-3H3,(H,15,16). The molecule has 0 aromatic heterocycles. The molecule has 1 rings (SSSR count). The number of aryl methyl sites for hydroxylation is 1. The molecule has 0 fully saturated rings. The van der Waals surface area contributed by atoms with E-state index in [4.69, 9.17) is 21.4 Å². The van der Waals surface area contributed by atoms with Crippen LogP contribution in [0.25, 0.3) is 0 Å².